The third-order valence-electron chi connectivity index (χ3n) is 6.33. The van der Waals surface area contributed by atoms with Gasteiger partial charge in [-0.2, -0.15) is 5.10 Å². The summed E-state index contributed by atoms with van der Waals surface area (Å²) in [5.41, 5.74) is 6.39. The molecule has 3 rings (SSSR count). The Morgan fingerprint density at radius 2 is 1.53 bits per heavy atom. The van der Waals surface area contributed by atoms with Crippen molar-refractivity contribution >= 4 is 0 Å². The first-order valence-electron chi connectivity index (χ1n) is 12.2. The van der Waals surface area contributed by atoms with Gasteiger partial charge in [0.25, 0.3) is 0 Å². The van der Waals surface area contributed by atoms with Crippen molar-refractivity contribution in [2.24, 2.45) is 0 Å². The van der Waals surface area contributed by atoms with Crippen LogP contribution in [0.2, 0.25) is 0 Å². The van der Waals surface area contributed by atoms with Gasteiger partial charge in [-0.05, 0) is 62.6 Å². The normalized spacial score (nSPS) is 12.0. The van der Waals surface area contributed by atoms with Gasteiger partial charge in [-0.25, -0.2) is 4.68 Å². The molecule has 32 heavy (non-hydrogen) atoms. The van der Waals surface area contributed by atoms with E-state index in [1.807, 2.05) is 4.68 Å². The second-order valence-corrected chi connectivity index (χ2v) is 10.1. The van der Waals surface area contributed by atoms with E-state index in [0.717, 1.165) is 29.7 Å². The third-order valence-corrected chi connectivity index (χ3v) is 6.33. The molecule has 0 spiro atoms. The van der Waals surface area contributed by atoms with Crippen LogP contribution in [0.25, 0.3) is 11.1 Å². The smallest absolute Gasteiger partial charge is 0.218 e. The first-order valence-corrected chi connectivity index (χ1v) is 12.2. The highest BCUT2D eigenvalue weighted by atomic mass is 16.3. The largest absolute Gasteiger partial charge is 0.493 e. The number of aryl methyl sites for hydroxylation is 2. The van der Waals surface area contributed by atoms with Crippen molar-refractivity contribution in [3.05, 3.63) is 70.9 Å². The standard InChI is InChI=1S/C29H40N2O/c1-7-8-9-10-11-23-16-18-25(19-17-23)26-27(21(2)3)30-31(28(26)32)29(5,6)20-24-14-12-22(4)13-15-24/h12-19,21,32H,7-11,20H2,1-6H3. The molecule has 0 amide bonds. The molecule has 1 heterocycles. The van der Waals surface area contributed by atoms with Gasteiger partial charge in [0, 0.05) is 0 Å². The zero-order valence-electron chi connectivity index (χ0n) is 20.8. The lowest BCUT2D eigenvalue weighted by atomic mass is 9.94. The average molecular weight is 433 g/mol. The molecule has 2 aromatic carbocycles. The van der Waals surface area contributed by atoms with Crippen LogP contribution in [-0.4, -0.2) is 14.9 Å². The molecule has 0 radical (unpaired) electrons. The van der Waals surface area contributed by atoms with Crippen LogP contribution in [-0.2, 0) is 18.4 Å². The van der Waals surface area contributed by atoms with E-state index in [1.54, 1.807) is 0 Å². The van der Waals surface area contributed by atoms with Gasteiger partial charge in [-0.1, -0.05) is 94.1 Å². The second kappa shape index (κ2) is 10.4. The maximum atomic E-state index is 11.3. The van der Waals surface area contributed by atoms with Crippen molar-refractivity contribution in [2.45, 2.75) is 91.5 Å². The summed E-state index contributed by atoms with van der Waals surface area (Å²) in [4.78, 5) is 0. The lowest BCUT2D eigenvalue weighted by Crippen LogP contribution is -2.30. The minimum Gasteiger partial charge on any atom is -0.493 e. The predicted molar refractivity (Wildman–Crippen MR) is 135 cm³/mol. The van der Waals surface area contributed by atoms with Gasteiger partial charge >= 0.3 is 0 Å². The Kier molecular flexibility index (Phi) is 7.82. The maximum Gasteiger partial charge on any atom is 0.218 e. The van der Waals surface area contributed by atoms with Gasteiger partial charge in [-0.15, -0.1) is 0 Å². The van der Waals surface area contributed by atoms with Crippen molar-refractivity contribution < 1.29 is 5.11 Å². The Morgan fingerprint density at radius 1 is 0.906 bits per heavy atom. The second-order valence-electron chi connectivity index (χ2n) is 10.1. The van der Waals surface area contributed by atoms with Gasteiger partial charge in [-0.3, -0.25) is 0 Å². The summed E-state index contributed by atoms with van der Waals surface area (Å²) in [6, 6.07) is 17.3. The van der Waals surface area contributed by atoms with Crippen molar-refractivity contribution in [1.29, 1.82) is 0 Å². The van der Waals surface area contributed by atoms with Crippen LogP contribution in [0, 0.1) is 6.92 Å². The summed E-state index contributed by atoms with van der Waals surface area (Å²) in [6.45, 7) is 12.9. The van der Waals surface area contributed by atoms with Crippen molar-refractivity contribution in [2.75, 3.05) is 0 Å². The van der Waals surface area contributed by atoms with Gasteiger partial charge < -0.3 is 5.11 Å². The van der Waals surface area contributed by atoms with Gasteiger partial charge in [0.1, 0.15) is 0 Å². The minimum absolute atomic E-state index is 0.223. The number of unbranched alkanes of at least 4 members (excludes halogenated alkanes) is 3. The van der Waals surface area contributed by atoms with Crippen LogP contribution in [0.15, 0.2) is 48.5 Å². The number of aromatic hydroxyl groups is 1. The Hall–Kier alpha value is -2.55. The van der Waals surface area contributed by atoms with Crippen LogP contribution in [0.4, 0.5) is 0 Å². The molecule has 0 unspecified atom stereocenters. The van der Waals surface area contributed by atoms with E-state index in [9.17, 15) is 5.11 Å². The fraction of sp³-hybridized carbons (Fsp3) is 0.483. The van der Waals surface area contributed by atoms with Gasteiger partial charge in [0.05, 0.1) is 16.8 Å². The topological polar surface area (TPSA) is 38.0 Å². The Bertz CT molecular complexity index is 995. The van der Waals surface area contributed by atoms with Crippen molar-refractivity contribution in [1.82, 2.24) is 9.78 Å². The van der Waals surface area contributed by atoms with Crippen LogP contribution in [0.5, 0.6) is 5.88 Å². The highest BCUT2D eigenvalue weighted by Crippen LogP contribution is 2.40. The molecule has 0 aliphatic carbocycles. The lowest BCUT2D eigenvalue weighted by molar-refractivity contribution is 0.269. The molecule has 0 aliphatic heterocycles. The summed E-state index contributed by atoms with van der Waals surface area (Å²) >= 11 is 0. The molecule has 0 fully saturated rings. The van der Waals surface area contributed by atoms with E-state index in [1.165, 1.54) is 42.4 Å². The quantitative estimate of drug-likeness (QED) is 0.332. The molecular weight excluding hydrogens is 392 g/mol. The molecule has 1 N–H and O–H groups in total. The summed E-state index contributed by atoms with van der Waals surface area (Å²) in [5, 5.41) is 16.3. The molecule has 0 atom stereocenters. The highest BCUT2D eigenvalue weighted by molar-refractivity contribution is 5.72. The molecular formula is C29H40N2O. The molecule has 0 saturated carbocycles. The number of aromatic nitrogens is 2. The van der Waals surface area contributed by atoms with Gasteiger partial charge in [0.15, 0.2) is 0 Å². The lowest BCUT2D eigenvalue weighted by Gasteiger charge is -2.26. The van der Waals surface area contributed by atoms with E-state index in [2.05, 4.69) is 90.1 Å². The van der Waals surface area contributed by atoms with E-state index in [0.29, 0.717) is 0 Å². The van der Waals surface area contributed by atoms with E-state index in [-0.39, 0.29) is 17.3 Å². The van der Waals surface area contributed by atoms with Crippen LogP contribution in [0.3, 0.4) is 0 Å². The first-order chi connectivity index (χ1) is 15.2. The van der Waals surface area contributed by atoms with E-state index < -0.39 is 0 Å². The Labute approximate surface area is 194 Å². The van der Waals surface area contributed by atoms with E-state index >= 15 is 0 Å². The summed E-state index contributed by atoms with van der Waals surface area (Å²) < 4.78 is 1.83. The fourth-order valence-electron chi connectivity index (χ4n) is 4.40. The molecule has 3 aromatic rings. The number of hydrogen-bond acceptors (Lipinski definition) is 2. The summed E-state index contributed by atoms with van der Waals surface area (Å²) in [5.74, 6) is 0.488. The summed E-state index contributed by atoms with van der Waals surface area (Å²) in [6.07, 6.45) is 7.02. The number of benzene rings is 2. The summed E-state index contributed by atoms with van der Waals surface area (Å²) in [7, 11) is 0. The molecule has 3 heteroatoms. The van der Waals surface area contributed by atoms with Crippen LogP contribution < -0.4 is 0 Å². The minimum atomic E-state index is -0.347. The molecule has 172 valence electrons. The van der Waals surface area contributed by atoms with Crippen LogP contribution >= 0.6 is 0 Å². The predicted octanol–water partition coefficient (Wildman–Crippen LogP) is 7.79. The average Bonchev–Trinajstić information content (AvgIpc) is 3.12. The molecule has 0 aliphatic rings. The zero-order valence-corrected chi connectivity index (χ0v) is 20.8. The maximum absolute atomic E-state index is 11.3. The van der Waals surface area contributed by atoms with Crippen molar-refractivity contribution in [3.8, 4) is 17.0 Å². The third kappa shape index (κ3) is 5.62. The first kappa shape index (κ1) is 24.1. The molecule has 0 bridgehead atoms. The SMILES string of the molecule is CCCCCCc1ccc(-c2c(C(C)C)nn(C(C)(C)Cc3ccc(C)cc3)c2O)cc1. The Morgan fingerprint density at radius 3 is 2.12 bits per heavy atom. The zero-order chi connectivity index (χ0) is 23.3. The number of hydrogen-bond donors (Lipinski definition) is 1. The highest BCUT2D eigenvalue weighted by Gasteiger charge is 2.30. The molecule has 0 saturated heterocycles. The monoisotopic (exact) mass is 432 g/mol. The molecule has 1 aromatic heterocycles. The number of nitrogens with zero attached hydrogens (tertiary/aromatic N) is 2. The van der Waals surface area contributed by atoms with E-state index in [4.69, 9.17) is 5.10 Å². The van der Waals surface area contributed by atoms with Gasteiger partial charge in [0.2, 0.25) is 5.88 Å². The molecule has 3 nitrogen and oxygen atoms in total. The Balaban J connectivity index is 1.89. The fourth-order valence-corrected chi connectivity index (χ4v) is 4.40. The van der Waals surface area contributed by atoms with Crippen molar-refractivity contribution in [3.63, 3.8) is 0 Å². The van der Waals surface area contributed by atoms with Crippen LogP contribution in [0.1, 0.15) is 88.6 Å². The number of rotatable bonds is 10.